The molecule has 0 radical (unpaired) electrons. The van der Waals surface area contributed by atoms with Crippen molar-refractivity contribution in [3.8, 4) is 0 Å². The first kappa shape index (κ1) is 13.4. The molecule has 0 unspecified atom stereocenters. The molecule has 0 aliphatic rings. The number of nitrogens with zero attached hydrogens (tertiary/aromatic N) is 3. The van der Waals surface area contributed by atoms with Crippen LogP contribution in [0.2, 0.25) is 0 Å². The lowest BCUT2D eigenvalue weighted by molar-refractivity contribution is 0.0690. The average molecular weight is 237 g/mol. The maximum absolute atomic E-state index is 10.7. The summed E-state index contributed by atoms with van der Waals surface area (Å²) < 4.78 is 0. The van der Waals surface area contributed by atoms with Crippen LogP contribution < -0.4 is 4.90 Å². The van der Waals surface area contributed by atoms with E-state index in [4.69, 9.17) is 5.11 Å². The molecule has 17 heavy (non-hydrogen) atoms. The van der Waals surface area contributed by atoms with Crippen molar-refractivity contribution in [2.24, 2.45) is 5.92 Å². The summed E-state index contributed by atoms with van der Waals surface area (Å²) >= 11 is 0. The fraction of sp³-hybridized carbons (Fsp3) is 0.583. The van der Waals surface area contributed by atoms with E-state index in [1.807, 2.05) is 0 Å². The summed E-state index contributed by atoms with van der Waals surface area (Å²) in [5.74, 6) is 0.182. The number of carbonyl (C=O) groups is 1. The molecule has 5 heteroatoms. The molecule has 1 aromatic heterocycles. The van der Waals surface area contributed by atoms with Crippen molar-refractivity contribution in [2.45, 2.75) is 33.7 Å². The van der Waals surface area contributed by atoms with Gasteiger partial charge in [0, 0.05) is 12.6 Å². The molecule has 0 atom stereocenters. The molecule has 0 saturated heterocycles. The van der Waals surface area contributed by atoms with Gasteiger partial charge in [-0.15, -0.1) is 0 Å². The van der Waals surface area contributed by atoms with Crippen LogP contribution in [0.15, 0.2) is 12.4 Å². The second kappa shape index (κ2) is 5.61. The summed E-state index contributed by atoms with van der Waals surface area (Å²) in [4.78, 5) is 20.8. The largest absolute Gasteiger partial charge is 0.476 e. The Bertz CT molecular complexity index is 374. The minimum absolute atomic E-state index is 0.0259. The van der Waals surface area contributed by atoms with Crippen LogP contribution in [0.25, 0.3) is 0 Å². The maximum atomic E-state index is 10.7. The smallest absolute Gasteiger partial charge is 0.356 e. The lowest BCUT2D eigenvalue weighted by Gasteiger charge is -2.29. The SMILES string of the molecule is CC(C)CN(c1cnc(C(=O)O)cn1)C(C)C. The van der Waals surface area contributed by atoms with Gasteiger partial charge < -0.3 is 10.0 Å². The van der Waals surface area contributed by atoms with Gasteiger partial charge in [0.1, 0.15) is 5.82 Å². The summed E-state index contributed by atoms with van der Waals surface area (Å²) in [5.41, 5.74) is -0.0259. The molecule has 0 aliphatic heterocycles. The second-order valence-electron chi connectivity index (χ2n) is 4.70. The molecular formula is C12H19N3O2. The molecule has 0 spiro atoms. The number of carboxylic acid groups (broad SMARTS) is 1. The Hall–Kier alpha value is -1.65. The third-order valence-electron chi connectivity index (χ3n) is 2.34. The van der Waals surface area contributed by atoms with E-state index in [0.717, 1.165) is 12.4 Å². The molecule has 0 fully saturated rings. The zero-order valence-corrected chi connectivity index (χ0v) is 10.7. The average Bonchev–Trinajstić information content (AvgIpc) is 2.25. The van der Waals surface area contributed by atoms with Crippen molar-refractivity contribution < 1.29 is 9.90 Å². The van der Waals surface area contributed by atoms with E-state index in [9.17, 15) is 4.79 Å². The van der Waals surface area contributed by atoms with Crippen LogP contribution in [-0.2, 0) is 0 Å². The second-order valence-corrected chi connectivity index (χ2v) is 4.70. The molecule has 0 bridgehead atoms. The summed E-state index contributed by atoms with van der Waals surface area (Å²) in [7, 11) is 0. The molecule has 5 nitrogen and oxygen atoms in total. The Balaban J connectivity index is 2.91. The van der Waals surface area contributed by atoms with Crippen LogP contribution in [-0.4, -0.2) is 33.6 Å². The Morgan fingerprint density at radius 3 is 2.29 bits per heavy atom. The fourth-order valence-electron chi connectivity index (χ4n) is 1.54. The third kappa shape index (κ3) is 3.69. The van der Waals surface area contributed by atoms with Gasteiger partial charge in [-0.1, -0.05) is 13.8 Å². The van der Waals surface area contributed by atoms with E-state index in [2.05, 4.69) is 42.6 Å². The highest BCUT2D eigenvalue weighted by Crippen LogP contribution is 2.14. The number of hydrogen-bond acceptors (Lipinski definition) is 4. The van der Waals surface area contributed by atoms with E-state index in [-0.39, 0.29) is 5.69 Å². The van der Waals surface area contributed by atoms with Crippen molar-refractivity contribution >= 4 is 11.8 Å². The lowest BCUT2D eigenvalue weighted by atomic mass is 10.2. The van der Waals surface area contributed by atoms with E-state index in [0.29, 0.717) is 12.0 Å². The zero-order valence-electron chi connectivity index (χ0n) is 10.7. The zero-order chi connectivity index (χ0) is 13.0. The molecular weight excluding hydrogens is 218 g/mol. The number of anilines is 1. The van der Waals surface area contributed by atoms with Crippen molar-refractivity contribution in [3.05, 3.63) is 18.1 Å². The number of aromatic nitrogens is 2. The minimum atomic E-state index is -1.05. The summed E-state index contributed by atoms with van der Waals surface area (Å²) in [6.45, 7) is 9.30. The monoisotopic (exact) mass is 237 g/mol. The Morgan fingerprint density at radius 2 is 1.94 bits per heavy atom. The third-order valence-corrected chi connectivity index (χ3v) is 2.34. The van der Waals surface area contributed by atoms with Gasteiger partial charge in [-0.05, 0) is 19.8 Å². The molecule has 0 saturated carbocycles. The van der Waals surface area contributed by atoms with Gasteiger partial charge in [0.25, 0.3) is 0 Å². The van der Waals surface area contributed by atoms with Gasteiger partial charge >= 0.3 is 5.97 Å². The van der Waals surface area contributed by atoms with Crippen LogP contribution in [0.4, 0.5) is 5.82 Å². The normalized spacial score (nSPS) is 10.9. The maximum Gasteiger partial charge on any atom is 0.356 e. The van der Waals surface area contributed by atoms with Crippen LogP contribution in [0.3, 0.4) is 0 Å². The standard InChI is InChI=1S/C12H19N3O2/c1-8(2)7-15(9(3)4)11-6-13-10(5-14-11)12(16)17/h5-6,8-9H,7H2,1-4H3,(H,16,17). The van der Waals surface area contributed by atoms with Crippen molar-refractivity contribution in [1.82, 2.24) is 9.97 Å². The lowest BCUT2D eigenvalue weighted by Crippen LogP contribution is -2.35. The van der Waals surface area contributed by atoms with E-state index < -0.39 is 5.97 Å². The first-order chi connectivity index (χ1) is 7.91. The van der Waals surface area contributed by atoms with Crippen LogP contribution in [0.5, 0.6) is 0 Å². The van der Waals surface area contributed by atoms with Crippen LogP contribution in [0.1, 0.15) is 38.2 Å². The van der Waals surface area contributed by atoms with Gasteiger partial charge in [-0.3, -0.25) is 0 Å². The Labute approximate surface area is 102 Å². The first-order valence-electron chi connectivity index (χ1n) is 5.73. The van der Waals surface area contributed by atoms with Gasteiger partial charge in [0.15, 0.2) is 5.69 Å². The quantitative estimate of drug-likeness (QED) is 0.849. The fourth-order valence-corrected chi connectivity index (χ4v) is 1.54. The molecule has 0 aliphatic carbocycles. The van der Waals surface area contributed by atoms with Gasteiger partial charge in [0.05, 0.1) is 12.4 Å². The number of hydrogen-bond donors (Lipinski definition) is 1. The Kier molecular flexibility index (Phi) is 4.43. The van der Waals surface area contributed by atoms with E-state index in [1.54, 1.807) is 0 Å². The van der Waals surface area contributed by atoms with Gasteiger partial charge in [-0.2, -0.15) is 0 Å². The summed E-state index contributed by atoms with van der Waals surface area (Å²) in [5, 5.41) is 8.75. The van der Waals surface area contributed by atoms with Crippen molar-refractivity contribution in [3.63, 3.8) is 0 Å². The Morgan fingerprint density at radius 1 is 1.29 bits per heavy atom. The minimum Gasteiger partial charge on any atom is -0.476 e. The number of aromatic carboxylic acids is 1. The van der Waals surface area contributed by atoms with Gasteiger partial charge in [-0.25, -0.2) is 14.8 Å². The summed E-state index contributed by atoms with van der Waals surface area (Å²) in [6, 6.07) is 0.308. The molecule has 1 aromatic rings. The molecule has 94 valence electrons. The molecule has 1 rings (SSSR count). The predicted molar refractivity (Wildman–Crippen MR) is 66.3 cm³/mol. The predicted octanol–water partition coefficient (Wildman–Crippen LogP) is 2.05. The molecule has 0 aromatic carbocycles. The molecule has 1 N–H and O–H groups in total. The van der Waals surface area contributed by atoms with Crippen LogP contribution in [0, 0.1) is 5.92 Å². The number of rotatable bonds is 5. The van der Waals surface area contributed by atoms with Gasteiger partial charge in [0.2, 0.25) is 0 Å². The highest BCUT2D eigenvalue weighted by Gasteiger charge is 2.14. The molecule has 0 amide bonds. The van der Waals surface area contributed by atoms with Crippen LogP contribution >= 0.6 is 0 Å². The van der Waals surface area contributed by atoms with E-state index >= 15 is 0 Å². The topological polar surface area (TPSA) is 66.3 Å². The van der Waals surface area contributed by atoms with Crippen molar-refractivity contribution in [1.29, 1.82) is 0 Å². The highest BCUT2D eigenvalue weighted by molar-refractivity contribution is 5.84. The van der Waals surface area contributed by atoms with E-state index in [1.165, 1.54) is 12.4 Å². The van der Waals surface area contributed by atoms with Crippen molar-refractivity contribution in [2.75, 3.05) is 11.4 Å². The summed E-state index contributed by atoms with van der Waals surface area (Å²) in [6.07, 6.45) is 2.82. The number of carboxylic acids is 1. The first-order valence-corrected chi connectivity index (χ1v) is 5.73. The molecule has 1 heterocycles. The highest BCUT2D eigenvalue weighted by atomic mass is 16.4.